The van der Waals surface area contributed by atoms with Gasteiger partial charge in [0.25, 0.3) is 5.91 Å². The van der Waals surface area contributed by atoms with E-state index in [0.717, 1.165) is 10.7 Å². The first-order valence-corrected chi connectivity index (χ1v) is 9.34. The number of hydrogen-bond acceptors (Lipinski definition) is 5. The Kier molecular flexibility index (Phi) is 3.78. The van der Waals surface area contributed by atoms with Gasteiger partial charge in [-0.25, -0.2) is 14.1 Å². The number of fused-ring (bicyclic) bond motifs is 2. The average molecular weight is 382 g/mol. The number of ether oxygens (including phenoxy) is 1. The van der Waals surface area contributed by atoms with Gasteiger partial charge < -0.3 is 15.5 Å². The van der Waals surface area contributed by atoms with Crippen LogP contribution in [0, 0.1) is 5.82 Å². The number of aromatic nitrogens is 2. The Morgan fingerprint density at radius 2 is 2.15 bits per heavy atom. The Hall–Kier alpha value is -3.00. The zero-order valence-corrected chi connectivity index (χ0v) is 14.9. The van der Waals surface area contributed by atoms with Crippen molar-refractivity contribution in [3.8, 4) is 5.75 Å². The maximum Gasteiger partial charge on any atom is 0.262 e. The van der Waals surface area contributed by atoms with Crippen LogP contribution < -0.4 is 15.5 Å². The van der Waals surface area contributed by atoms with E-state index in [4.69, 9.17) is 4.74 Å². The summed E-state index contributed by atoms with van der Waals surface area (Å²) in [5.41, 5.74) is 5.50. The molecule has 0 saturated carbocycles. The minimum atomic E-state index is -0.309. The van der Waals surface area contributed by atoms with Gasteiger partial charge in [0.1, 0.15) is 11.6 Å². The first-order valence-electron chi connectivity index (χ1n) is 8.46. The van der Waals surface area contributed by atoms with Gasteiger partial charge in [-0.2, -0.15) is 0 Å². The SMILES string of the molecule is O=C1COc2ccc(C3Sc4nccn4NC3c3ccccc3F)cc2N1. The molecule has 0 aliphatic carbocycles. The van der Waals surface area contributed by atoms with Crippen LogP contribution >= 0.6 is 11.8 Å². The second-order valence-corrected chi connectivity index (χ2v) is 7.45. The summed E-state index contributed by atoms with van der Waals surface area (Å²) >= 11 is 1.55. The molecule has 2 atom stereocenters. The van der Waals surface area contributed by atoms with Crippen LogP contribution in [0.1, 0.15) is 22.4 Å². The summed E-state index contributed by atoms with van der Waals surface area (Å²) < 4.78 is 21.8. The quantitative estimate of drug-likeness (QED) is 0.710. The van der Waals surface area contributed by atoms with E-state index in [9.17, 15) is 9.18 Å². The summed E-state index contributed by atoms with van der Waals surface area (Å²) in [5.74, 6) is 0.185. The van der Waals surface area contributed by atoms with Crippen molar-refractivity contribution in [1.29, 1.82) is 0 Å². The van der Waals surface area contributed by atoms with Crippen LogP contribution in [0.25, 0.3) is 0 Å². The van der Waals surface area contributed by atoms with E-state index >= 15 is 0 Å². The van der Waals surface area contributed by atoms with E-state index in [1.54, 1.807) is 30.1 Å². The van der Waals surface area contributed by atoms with Crippen LogP contribution in [0.2, 0.25) is 0 Å². The highest BCUT2D eigenvalue weighted by Gasteiger charge is 2.34. The van der Waals surface area contributed by atoms with Crippen molar-refractivity contribution in [2.45, 2.75) is 16.4 Å². The predicted molar refractivity (Wildman–Crippen MR) is 99.9 cm³/mol. The Bertz CT molecular complexity index is 1040. The van der Waals surface area contributed by atoms with Crippen molar-refractivity contribution in [3.05, 3.63) is 71.8 Å². The summed E-state index contributed by atoms with van der Waals surface area (Å²) in [6.45, 7) is 0.0152. The standard InChI is InChI=1S/C19H15FN4O2S/c20-13-4-2-1-3-12(13)17-18(27-19-21-7-8-24(19)23-17)11-5-6-15-14(9-11)22-16(25)10-26-15/h1-9,17-18,23H,10H2,(H,22,25). The Balaban J connectivity index is 1.59. The fourth-order valence-electron chi connectivity index (χ4n) is 3.37. The Morgan fingerprint density at radius 3 is 3.04 bits per heavy atom. The monoisotopic (exact) mass is 382 g/mol. The number of nitrogens with zero attached hydrogens (tertiary/aromatic N) is 2. The van der Waals surface area contributed by atoms with Gasteiger partial charge in [0.15, 0.2) is 11.8 Å². The van der Waals surface area contributed by atoms with Gasteiger partial charge in [0.2, 0.25) is 0 Å². The van der Waals surface area contributed by atoms with Gasteiger partial charge in [-0.3, -0.25) is 4.79 Å². The van der Waals surface area contributed by atoms with Gasteiger partial charge in [-0.05, 0) is 23.8 Å². The number of rotatable bonds is 2. The highest BCUT2D eigenvalue weighted by Crippen LogP contribution is 2.48. The average Bonchev–Trinajstić information content (AvgIpc) is 3.14. The maximum atomic E-state index is 14.5. The number of carbonyl (C=O) groups excluding carboxylic acids is 1. The summed E-state index contributed by atoms with van der Waals surface area (Å²) in [6.07, 6.45) is 3.52. The number of hydrogen-bond donors (Lipinski definition) is 2. The maximum absolute atomic E-state index is 14.5. The lowest BCUT2D eigenvalue weighted by Gasteiger charge is -2.34. The molecule has 8 heteroatoms. The molecule has 2 unspecified atom stereocenters. The van der Waals surface area contributed by atoms with Gasteiger partial charge in [0, 0.05) is 18.0 Å². The first-order chi connectivity index (χ1) is 13.2. The minimum Gasteiger partial charge on any atom is -0.482 e. The highest BCUT2D eigenvalue weighted by molar-refractivity contribution is 7.99. The topological polar surface area (TPSA) is 68.2 Å². The van der Waals surface area contributed by atoms with Crippen LogP contribution in [-0.4, -0.2) is 22.2 Å². The van der Waals surface area contributed by atoms with E-state index in [0.29, 0.717) is 17.0 Å². The van der Waals surface area contributed by atoms with E-state index < -0.39 is 0 Å². The van der Waals surface area contributed by atoms with Gasteiger partial charge in [0.05, 0.1) is 17.0 Å². The zero-order valence-electron chi connectivity index (χ0n) is 14.1. The van der Waals surface area contributed by atoms with Crippen molar-refractivity contribution in [2.24, 2.45) is 0 Å². The third kappa shape index (κ3) is 2.82. The Morgan fingerprint density at radius 1 is 1.26 bits per heavy atom. The lowest BCUT2D eigenvalue weighted by atomic mass is 9.97. The van der Waals surface area contributed by atoms with Crippen molar-refractivity contribution in [3.63, 3.8) is 0 Å². The molecule has 2 N–H and O–H groups in total. The number of anilines is 1. The third-order valence-electron chi connectivity index (χ3n) is 4.63. The molecule has 0 saturated heterocycles. The second kappa shape index (κ2) is 6.31. The van der Waals surface area contributed by atoms with E-state index in [-0.39, 0.29) is 29.6 Å². The van der Waals surface area contributed by atoms with E-state index in [2.05, 4.69) is 15.7 Å². The fourth-order valence-corrected chi connectivity index (χ4v) is 4.57. The van der Waals surface area contributed by atoms with Crippen molar-refractivity contribution in [1.82, 2.24) is 9.66 Å². The molecule has 3 heterocycles. The molecular weight excluding hydrogens is 367 g/mol. The van der Waals surface area contributed by atoms with Crippen LogP contribution in [0.3, 0.4) is 0 Å². The summed E-state index contributed by atoms with van der Waals surface area (Å²) in [6, 6.07) is 12.1. The molecule has 3 aromatic rings. The molecule has 5 rings (SSSR count). The molecule has 0 spiro atoms. The summed E-state index contributed by atoms with van der Waals surface area (Å²) in [4.78, 5) is 16.0. The van der Waals surface area contributed by atoms with Crippen molar-refractivity contribution < 1.29 is 13.9 Å². The van der Waals surface area contributed by atoms with Gasteiger partial charge >= 0.3 is 0 Å². The van der Waals surface area contributed by atoms with Crippen LogP contribution in [0.5, 0.6) is 5.75 Å². The summed E-state index contributed by atoms with van der Waals surface area (Å²) in [5, 5.41) is 3.49. The normalized spacial score (nSPS) is 20.7. The number of amides is 1. The van der Waals surface area contributed by atoms with Crippen molar-refractivity contribution >= 4 is 23.4 Å². The molecule has 6 nitrogen and oxygen atoms in total. The number of carbonyl (C=O) groups is 1. The second-order valence-electron chi connectivity index (χ2n) is 6.34. The van der Waals surface area contributed by atoms with Crippen LogP contribution in [0.4, 0.5) is 10.1 Å². The molecule has 2 aliphatic heterocycles. The van der Waals surface area contributed by atoms with Gasteiger partial charge in [-0.15, -0.1) is 0 Å². The highest BCUT2D eigenvalue weighted by atomic mass is 32.2. The number of halogens is 1. The molecule has 2 aliphatic rings. The number of benzene rings is 2. The number of nitrogens with one attached hydrogen (secondary N) is 2. The molecule has 0 bridgehead atoms. The molecule has 0 radical (unpaired) electrons. The fraction of sp³-hybridized carbons (Fsp3) is 0.158. The first kappa shape index (κ1) is 16.2. The van der Waals surface area contributed by atoms with Crippen LogP contribution in [-0.2, 0) is 4.79 Å². The molecule has 136 valence electrons. The Labute approximate surface area is 158 Å². The lowest BCUT2D eigenvalue weighted by molar-refractivity contribution is -0.118. The number of thioether (sulfide) groups is 1. The van der Waals surface area contributed by atoms with E-state index in [1.807, 2.05) is 35.1 Å². The summed E-state index contributed by atoms with van der Waals surface area (Å²) in [7, 11) is 0. The molecular formula is C19H15FN4O2S. The molecule has 2 aromatic carbocycles. The van der Waals surface area contributed by atoms with Crippen LogP contribution in [0.15, 0.2) is 60.0 Å². The molecule has 1 amide bonds. The largest absolute Gasteiger partial charge is 0.482 e. The van der Waals surface area contributed by atoms with Crippen molar-refractivity contribution in [2.75, 3.05) is 17.3 Å². The minimum absolute atomic E-state index is 0.0152. The van der Waals surface area contributed by atoms with E-state index in [1.165, 1.54) is 6.07 Å². The smallest absolute Gasteiger partial charge is 0.262 e. The number of imidazole rings is 1. The van der Waals surface area contributed by atoms with Gasteiger partial charge in [-0.1, -0.05) is 36.0 Å². The third-order valence-corrected chi connectivity index (χ3v) is 5.94. The molecule has 0 fully saturated rings. The predicted octanol–water partition coefficient (Wildman–Crippen LogP) is 3.48. The molecule has 1 aromatic heterocycles. The lowest BCUT2D eigenvalue weighted by Crippen LogP contribution is -2.30. The molecule has 27 heavy (non-hydrogen) atoms. The zero-order chi connectivity index (χ0) is 18.4.